The highest BCUT2D eigenvalue weighted by atomic mass is 16.4. The van der Waals surface area contributed by atoms with E-state index in [1.54, 1.807) is 12.3 Å². The van der Waals surface area contributed by atoms with E-state index in [2.05, 4.69) is 16.6 Å². The minimum atomic E-state index is -1.06. The number of rotatable bonds is 5. The van der Waals surface area contributed by atoms with Crippen LogP contribution >= 0.6 is 0 Å². The van der Waals surface area contributed by atoms with Crippen LogP contribution < -0.4 is 5.43 Å². The Morgan fingerprint density at radius 3 is 2.59 bits per heavy atom. The van der Waals surface area contributed by atoms with E-state index in [1.165, 1.54) is 17.7 Å². The van der Waals surface area contributed by atoms with Gasteiger partial charge >= 0.3 is 5.97 Å². The summed E-state index contributed by atoms with van der Waals surface area (Å²) < 4.78 is 1.81. The minimum Gasteiger partial charge on any atom is -0.478 e. The first-order valence-electron chi connectivity index (χ1n) is 10.3. The molecule has 0 bridgehead atoms. The van der Waals surface area contributed by atoms with Gasteiger partial charge in [0, 0.05) is 29.1 Å². The van der Waals surface area contributed by atoms with Crippen molar-refractivity contribution in [3.05, 3.63) is 87.7 Å². The maximum Gasteiger partial charge on any atom is 0.337 e. The minimum absolute atomic E-state index is 0.0359. The first-order valence-corrected chi connectivity index (χ1v) is 10.3. The highest BCUT2D eigenvalue weighted by Gasteiger charge is 2.22. The van der Waals surface area contributed by atoms with Crippen molar-refractivity contribution in [2.45, 2.75) is 32.6 Å². The summed E-state index contributed by atoms with van der Waals surface area (Å²) in [5.41, 5.74) is 8.01. The number of benzene rings is 2. The first kappa shape index (κ1) is 21.1. The van der Waals surface area contributed by atoms with E-state index in [1.807, 2.05) is 48.7 Å². The number of hydrazone groups is 1. The van der Waals surface area contributed by atoms with Crippen molar-refractivity contribution < 1.29 is 14.7 Å². The Morgan fingerprint density at radius 1 is 1.16 bits per heavy atom. The second kappa shape index (κ2) is 8.52. The van der Waals surface area contributed by atoms with Gasteiger partial charge < -0.3 is 9.67 Å². The molecule has 0 radical (unpaired) electrons. The maximum absolute atomic E-state index is 12.7. The van der Waals surface area contributed by atoms with E-state index in [-0.39, 0.29) is 11.5 Å². The number of nitrogens with zero attached hydrogens (tertiary/aromatic N) is 3. The molecule has 0 spiro atoms. The van der Waals surface area contributed by atoms with Gasteiger partial charge in [0.15, 0.2) is 0 Å². The third-order valence-electron chi connectivity index (χ3n) is 5.82. The van der Waals surface area contributed by atoms with Crippen LogP contribution in [-0.2, 0) is 6.42 Å². The largest absolute Gasteiger partial charge is 0.478 e. The van der Waals surface area contributed by atoms with Crippen LogP contribution in [0.2, 0.25) is 0 Å². The summed E-state index contributed by atoms with van der Waals surface area (Å²) in [4.78, 5) is 24.4. The van der Waals surface area contributed by atoms with Gasteiger partial charge in [-0.05, 0) is 80.3 Å². The highest BCUT2D eigenvalue weighted by molar-refractivity contribution is 5.98. The molecule has 1 aliphatic carbocycles. The van der Waals surface area contributed by atoms with Crippen molar-refractivity contribution in [2.75, 3.05) is 0 Å². The van der Waals surface area contributed by atoms with Gasteiger partial charge in [-0.25, -0.2) is 10.2 Å². The monoisotopic (exact) mass is 426 g/mol. The van der Waals surface area contributed by atoms with Gasteiger partial charge in [-0.3, -0.25) is 4.79 Å². The van der Waals surface area contributed by atoms with E-state index in [0.717, 1.165) is 29.8 Å². The predicted octanol–water partition coefficient (Wildman–Crippen LogP) is 4.11. The molecule has 3 aromatic rings. The summed E-state index contributed by atoms with van der Waals surface area (Å²) in [5, 5.41) is 22.9. The number of nitriles is 1. The second-order valence-electron chi connectivity index (χ2n) is 7.88. The van der Waals surface area contributed by atoms with E-state index < -0.39 is 11.9 Å². The number of aromatic carboxylic acids is 1. The Morgan fingerprint density at radius 2 is 1.91 bits per heavy atom. The van der Waals surface area contributed by atoms with Crippen molar-refractivity contribution >= 4 is 18.1 Å². The van der Waals surface area contributed by atoms with Gasteiger partial charge in [0.1, 0.15) is 0 Å². The van der Waals surface area contributed by atoms with Crippen LogP contribution in [0.5, 0.6) is 0 Å². The molecule has 7 heteroatoms. The predicted molar refractivity (Wildman–Crippen MR) is 120 cm³/mol. The molecule has 1 atom stereocenters. The molecule has 1 amide bonds. The molecular weight excluding hydrogens is 404 g/mol. The molecule has 4 rings (SSSR count). The van der Waals surface area contributed by atoms with Crippen LogP contribution in [0.4, 0.5) is 0 Å². The van der Waals surface area contributed by atoms with Gasteiger partial charge in [-0.15, -0.1) is 0 Å². The topological polar surface area (TPSA) is 107 Å². The van der Waals surface area contributed by atoms with Crippen LogP contribution in [0.1, 0.15) is 61.1 Å². The van der Waals surface area contributed by atoms with Crippen LogP contribution in [0.15, 0.2) is 53.6 Å². The van der Waals surface area contributed by atoms with Crippen molar-refractivity contribution in [3.63, 3.8) is 0 Å². The number of aryl methyl sites for hydroxylation is 3. The third-order valence-corrected chi connectivity index (χ3v) is 5.82. The standard InChI is InChI=1S/C25H22N4O3/c1-15-3-4-16(2)29(15)23-12-19(9-10-21(23)25(31)32)24(30)28-27-14-20-8-7-18-6-5-17(13-26)11-22(18)20/h3-6,9-12,14,20H,7-8H2,1-2H3,(H,28,30)(H,31,32)/b27-14+. The molecule has 0 aliphatic heterocycles. The number of carbonyl (C=O) groups excluding carboxylic acids is 1. The molecule has 0 saturated heterocycles. The van der Waals surface area contributed by atoms with Gasteiger partial charge in [0.05, 0.1) is 22.9 Å². The van der Waals surface area contributed by atoms with E-state index >= 15 is 0 Å². The molecule has 0 fully saturated rings. The quantitative estimate of drug-likeness (QED) is 0.473. The number of hydrogen-bond donors (Lipinski definition) is 2. The third kappa shape index (κ3) is 3.91. The number of nitrogens with one attached hydrogen (secondary N) is 1. The molecule has 1 aliphatic rings. The van der Waals surface area contributed by atoms with E-state index in [9.17, 15) is 14.7 Å². The molecule has 2 aromatic carbocycles. The van der Waals surface area contributed by atoms with Crippen LogP contribution in [0.3, 0.4) is 0 Å². The van der Waals surface area contributed by atoms with Crippen LogP contribution in [0.25, 0.3) is 5.69 Å². The molecule has 1 heterocycles. The number of amides is 1. The molecule has 0 saturated carbocycles. The Bertz CT molecular complexity index is 1280. The number of carboxylic acids is 1. The van der Waals surface area contributed by atoms with Crippen molar-refractivity contribution in [2.24, 2.45) is 5.10 Å². The maximum atomic E-state index is 12.7. The van der Waals surface area contributed by atoms with Crippen molar-refractivity contribution in [1.29, 1.82) is 5.26 Å². The van der Waals surface area contributed by atoms with Gasteiger partial charge in [-0.1, -0.05) is 6.07 Å². The molecule has 1 unspecified atom stereocenters. The zero-order valence-corrected chi connectivity index (χ0v) is 17.8. The summed E-state index contributed by atoms with van der Waals surface area (Å²) in [7, 11) is 0. The molecule has 2 N–H and O–H groups in total. The average Bonchev–Trinajstić information content (AvgIpc) is 3.34. The number of aromatic nitrogens is 1. The fourth-order valence-corrected chi connectivity index (χ4v) is 4.20. The Labute approximate surface area is 185 Å². The lowest BCUT2D eigenvalue weighted by molar-refractivity contribution is 0.0696. The van der Waals surface area contributed by atoms with Crippen LogP contribution in [0, 0.1) is 25.2 Å². The summed E-state index contributed by atoms with van der Waals surface area (Å²) in [6.07, 6.45) is 3.46. The van der Waals surface area contributed by atoms with E-state index in [4.69, 9.17) is 5.26 Å². The normalized spacial score (nSPS) is 14.8. The van der Waals surface area contributed by atoms with Gasteiger partial charge in [-0.2, -0.15) is 10.4 Å². The fourth-order valence-electron chi connectivity index (χ4n) is 4.20. The first-order chi connectivity index (χ1) is 15.4. The Hall–Kier alpha value is -4.18. The number of carboxylic acid groups (broad SMARTS) is 1. The smallest absolute Gasteiger partial charge is 0.337 e. The number of carbonyl (C=O) groups is 2. The van der Waals surface area contributed by atoms with E-state index in [0.29, 0.717) is 16.8 Å². The SMILES string of the molecule is Cc1ccc(C)n1-c1cc(C(=O)N/N=C/C2CCc3ccc(C#N)cc32)ccc1C(=O)O. The number of fused-ring (bicyclic) bond motifs is 1. The summed E-state index contributed by atoms with van der Waals surface area (Å²) in [5.74, 6) is -1.45. The summed E-state index contributed by atoms with van der Waals surface area (Å²) in [6.45, 7) is 3.76. The molecule has 32 heavy (non-hydrogen) atoms. The lowest BCUT2D eigenvalue weighted by atomic mass is 10.0. The van der Waals surface area contributed by atoms with Gasteiger partial charge in [0.2, 0.25) is 0 Å². The van der Waals surface area contributed by atoms with Crippen molar-refractivity contribution in [1.82, 2.24) is 9.99 Å². The molecule has 160 valence electrons. The average molecular weight is 426 g/mol. The lowest BCUT2D eigenvalue weighted by Gasteiger charge is -2.14. The molecule has 7 nitrogen and oxygen atoms in total. The zero-order valence-electron chi connectivity index (χ0n) is 17.8. The van der Waals surface area contributed by atoms with Crippen LogP contribution in [-0.4, -0.2) is 27.8 Å². The van der Waals surface area contributed by atoms with Gasteiger partial charge in [0.25, 0.3) is 5.91 Å². The Balaban J connectivity index is 1.56. The summed E-state index contributed by atoms with van der Waals surface area (Å²) >= 11 is 0. The molecular formula is C25H22N4O3. The summed E-state index contributed by atoms with van der Waals surface area (Å²) in [6, 6.07) is 16.1. The molecule has 1 aromatic heterocycles. The second-order valence-corrected chi connectivity index (χ2v) is 7.88. The Kier molecular flexibility index (Phi) is 5.61. The number of hydrogen-bond acceptors (Lipinski definition) is 4. The lowest BCUT2D eigenvalue weighted by Crippen LogP contribution is -2.19. The van der Waals surface area contributed by atoms with Crippen molar-refractivity contribution in [3.8, 4) is 11.8 Å². The highest BCUT2D eigenvalue weighted by Crippen LogP contribution is 2.32. The zero-order chi connectivity index (χ0) is 22.8. The fraction of sp³-hybridized carbons (Fsp3) is 0.200.